The Hall–Kier alpha value is -3.59. The maximum absolute atomic E-state index is 13.8. The van der Waals surface area contributed by atoms with Crippen molar-refractivity contribution in [3.63, 3.8) is 0 Å². The topological polar surface area (TPSA) is 78.7 Å². The molecule has 0 aliphatic rings. The lowest BCUT2D eigenvalue weighted by Crippen LogP contribution is -2.32. The summed E-state index contributed by atoms with van der Waals surface area (Å²) >= 11 is 1.48. The van der Waals surface area contributed by atoms with Crippen LogP contribution in [0, 0.1) is 6.92 Å². The summed E-state index contributed by atoms with van der Waals surface area (Å²) < 4.78 is 19.4. The predicted octanol–water partition coefficient (Wildman–Crippen LogP) is 4.56. The number of ether oxygens (including phenoxy) is 3. The van der Waals surface area contributed by atoms with Gasteiger partial charge in [0.05, 0.1) is 37.9 Å². The van der Waals surface area contributed by atoms with Gasteiger partial charge in [-0.15, -0.1) is 0 Å². The number of anilines is 1. The van der Waals surface area contributed by atoms with Crippen LogP contribution in [0.3, 0.4) is 0 Å². The highest BCUT2D eigenvalue weighted by atomic mass is 32.1. The summed E-state index contributed by atoms with van der Waals surface area (Å²) in [5.41, 5.74) is 2.25. The Kier molecular flexibility index (Phi) is 6.79. The number of thiazole rings is 1. The number of para-hydroxylation sites is 1. The molecule has 2 heterocycles. The van der Waals surface area contributed by atoms with Crippen molar-refractivity contribution in [3.8, 4) is 17.2 Å². The second-order valence-electron chi connectivity index (χ2n) is 7.41. The second kappa shape index (κ2) is 9.91. The molecule has 0 unspecified atom stereocenters. The summed E-state index contributed by atoms with van der Waals surface area (Å²) in [5.74, 6) is 1.39. The van der Waals surface area contributed by atoms with Gasteiger partial charge in [0.25, 0.3) is 5.91 Å². The number of aromatic nitrogens is 3. The van der Waals surface area contributed by atoms with Crippen LogP contribution in [0.4, 0.5) is 5.13 Å². The molecule has 8 nitrogen and oxygen atoms in total. The first-order valence-corrected chi connectivity index (χ1v) is 11.3. The molecule has 0 N–H and O–H groups in total. The van der Waals surface area contributed by atoms with Gasteiger partial charge in [-0.2, -0.15) is 0 Å². The minimum absolute atomic E-state index is 0.202. The van der Waals surface area contributed by atoms with Crippen LogP contribution in [-0.2, 0) is 6.54 Å². The number of methoxy groups -OCH3 is 3. The predicted molar refractivity (Wildman–Crippen MR) is 129 cm³/mol. The lowest BCUT2D eigenvalue weighted by Gasteiger charge is -2.22. The van der Waals surface area contributed by atoms with Crippen molar-refractivity contribution in [3.05, 3.63) is 60.2 Å². The number of rotatable bonds is 9. The molecule has 0 aliphatic heterocycles. The zero-order valence-corrected chi connectivity index (χ0v) is 19.9. The normalized spacial score (nSPS) is 10.9. The van der Waals surface area contributed by atoms with Gasteiger partial charge in [0.15, 0.2) is 16.6 Å². The lowest BCUT2D eigenvalue weighted by molar-refractivity contribution is 0.0982. The molecule has 0 radical (unpaired) electrons. The van der Waals surface area contributed by atoms with Crippen molar-refractivity contribution >= 4 is 32.6 Å². The largest absolute Gasteiger partial charge is 0.494 e. The number of hydrogen-bond donors (Lipinski definition) is 0. The van der Waals surface area contributed by atoms with Crippen LogP contribution in [-0.4, -0.2) is 48.3 Å². The fourth-order valence-electron chi connectivity index (χ4n) is 3.69. The third-order valence-electron chi connectivity index (χ3n) is 5.38. The molecule has 0 fully saturated rings. The zero-order valence-electron chi connectivity index (χ0n) is 19.1. The number of imidazole rings is 1. The number of aryl methyl sites for hydroxylation is 2. The molecule has 0 saturated carbocycles. The Morgan fingerprint density at radius 1 is 1.09 bits per heavy atom. The third kappa shape index (κ3) is 4.49. The van der Waals surface area contributed by atoms with Gasteiger partial charge in [0.2, 0.25) is 0 Å². The van der Waals surface area contributed by atoms with Crippen molar-refractivity contribution < 1.29 is 19.0 Å². The maximum Gasteiger partial charge on any atom is 0.263 e. The Bertz CT molecular complexity index is 1250. The molecule has 4 rings (SSSR count). The summed E-state index contributed by atoms with van der Waals surface area (Å²) in [7, 11) is 4.71. The minimum atomic E-state index is -0.202. The summed E-state index contributed by atoms with van der Waals surface area (Å²) in [6.07, 6.45) is 6.14. The van der Waals surface area contributed by atoms with Crippen LogP contribution in [0.2, 0.25) is 0 Å². The van der Waals surface area contributed by atoms with Crippen molar-refractivity contribution in [2.24, 2.45) is 0 Å². The number of amides is 1. The van der Waals surface area contributed by atoms with E-state index in [-0.39, 0.29) is 5.91 Å². The van der Waals surface area contributed by atoms with Gasteiger partial charge in [-0.25, -0.2) is 9.97 Å². The number of fused-ring (bicyclic) bond motifs is 1. The van der Waals surface area contributed by atoms with Crippen LogP contribution in [0.25, 0.3) is 10.2 Å². The first-order valence-electron chi connectivity index (χ1n) is 10.5. The van der Waals surface area contributed by atoms with Crippen molar-refractivity contribution in [2.75, 3.05) is 32.8 Å². The number of hydrogen-bond acceptors (Lipinski definition) is 7. The molecule has 4 aromatic rings. The van der Waals surface area contributed by atoms with Gasteiger partial charge in [-0.3, -0.25) is 9.69 Å². The molecule has 9 heteroatoms. The highest BCUT2D eigenvalue weighted by Crippen LogP contribution is 2.38. The lowest BCUT2D eigenvalue weighted by atomic mass is 10.1. The van der Waals surface area contributed by atoms with Crippen LogP contribution in [0.5, 0.6) is 17.2 Å². The first-order chi connectivity index (χ1) is 16.1. The second-order valence-corrected chi connectivity index (χ2v) is 8.39. The molecular weight excluding hydrogens is 440 g/mol. The highest BCUT2D eigenvalue weighted by Gasteiger charge is 2.26. The fraction of sp³-hybridized carbons (Fsp3) is 0.292. The average Bonchev–Trinajstić information content (AvgIpc) is 3.52. The van der Waals surface area contributed by atoms with E-state index in [1.54, 1.807) is 49.8 Å². The monoisotopic (exact) mass is 466 g/mol. The van der Waals surface area contributed by atoms with Gasteiger partial charge in [0.1, 0.15) is 11.3 Å². The van der Waals surface area contributed by atoms with E-state index in [0.29, 0.717) is 34.5 Å². The van der Waals surface area contributed by atoms with Gasteiger partial charge in [-0.1, -0.05) is 23.5 Å². The summed E-state index contributed by atoms with van der Waals surface area (Å²) in [4.78, 5) is 24.4. The van der Waals surface area contributed by atoms with E-state index < -0.39 is 0 Å². The number of benzene rings is 2. The van der Waals surface area contributed by atoms with E-state index >= 15 is 0 Å². The van der Waals surface area contributed by atoms with Crippen molar-refractivity contribution in [2.45, 2.75) is 19.9 Å². The van der Waals surface area contributed by atoms with Gasteiger partial charge in [-0.05, 0) is 37.1 Å². The van der Waals surface area contributed by atoms with E-state index in [9.17, 15) is 4.79 Å². The zero-order chi connectivity index (χ0) is 23.4. The van der Waals surface area contributed by atoms with E-state index in [4.69, 9.17) is 19.2 Å². The Morgan fingerprint density at radius 3 is 2.61 bits per heavy atom. The number of nitrogens with zero attached hydrogens (tertiary/aromatic N) is 4. The molecule has 0 aliphatic carbocycles. The van der Waals surface area contributed by atoms with E-state index in [1.807, 2.05) is 29.8 Å². The molecule has 0 bridgehead atoms. The number of carbonyl (C=O) groups excluding carboxylic acids is 1. The Labute approximate surface area is 196 Å². The van der Waals surface area contributed by atoms with Crippen LogP contribution in [0.1, 0.15) is 22.3 Å². The van der Waals surface area contributed by atoms with Crippen molar-refractivity contribution in [1.29, 1.82) is 0 Å². The standard InChI is InChI=1S/C24H26N4O4S/c1-16-9-10-18(30-2)20-22(16)33-24(26-20)28(13-6-12-27-14-11-25-15-27)23(29)17-7-5-8-19(31-3)21(17)32-4/h5,7-11,14-15H,6,12-13H2,1-4H3. The number of carbonyl (C=O) groups is 1. The molecule has 2 aromatic heterocycles. The van der Waals surface area contributed by atoms with Crippen LogP contribution < -0.4 is 19.1 Å². The molecule has 0 spiro atoms. The molecule has 2 aromatic carbocycles. The summed E-state index contributed by atoms with van der Waals surface area (Å²) in [5, 5.41) is 0.609. The fourth-order valence-corrected chi connectivity index (χ4v) is 4.77. The Morgan fingerprint density at radius 2 is 1.91 bits per heavy atom. The molecular formula is C24H26N4O4S. The average molecular weight is 467 g/mol. The van der Waals surface area contributed by atoms with Crippen molar-refractivity contribution in [1.82, 2.24) is 14.5 Å². The summed E-state index contributed by atoms with van der Waals surface area (Å²) in [6, 6.07) is 9.19. The van der Waals surface area contributed by atoms with Crippen LogP contribution >= 0.6 is 11.3 Å². The van der Waals surface area contributed by atoms with E-state index in [0.717, 1.165) is 28.7 Å². The molecule has 0 saturated heterocycles. The van der Waals surface area contributed by atoms with Gasteiger partial charge < -0.3 is 18.8 Å². The summed E-state index contributed by atoms with van der Waals surface area (Å²) in [6.45, 7) is 3.23. The SMILES string of the molecule is COc1cccc(C(=O)N(CCCn2ccnc2)c2nc3c(OC)ccc(C)c3s2)c1OC. The molecule has 0 atom stereocenters. The van der Waals surface area contributed by atoms with Crippen LogP contribution in [0.15, 0.2) is 49.1 Å². The highest BCUT2D eigenvalue weighted by molar-refractivity contribution is 7.22. The smallest absolute Gasteiger partial charge is 0.263 e. The quantitative estimate of drug-likeness (QED) is 0.360. The van der Waals surface area contributed by atoms with Gasteiger partial charge >= 0.3 is 0 Å². The van der Waals surface area contributed by atoms with E-state index in [2.05, 4.69) is 4.98 Å². The molecule has 33 heavy (non-hydrogen) atoms. The van der Waals surface area contributed by atoms with E-state index in [1.165, 1.54) is 18.4 Å². The molecule has 172 valence electrons. The minimum Gasteiger partial charge on any atom is -0.494 e. The molecule has 1 amide bonds. The first kappa shape index (κ1) is 22.6. The maximum atomic E-state index is 13.8. The third-order valence-corrected chi connectivity index (χ3v) is 6.59. The Balaban J connectivity index is 1.75. The van der Waals surface area contributed by atoms with Gasteiger partial charge in [0, 0.05) is 25.5 Å².